The Labute approximate surface area is 130 Å². The predicted octanol–water partition coefficient (Wildman–Crippen LogP) is 1.96. The maximum Gasteiger partial charge on any atom is 0.273 e. The number of primary amides is 1. The normalized spacial score (nSPS) is 13.1. The number of fused-ring (bicyclic) bond motifs is 1. The van der Waals surface area contributed by atoms with Gasteiger partial charge < -0.3 is 11.1 Å². The molecule has 0 saturated heterocycles. The molecular formula is C14H17BrN4O2. The summed E-state index contributed by atoms with van der Waals surface area (Å²) in [5.41, 5.74) is 5.88. The van der Waals surface area contributed by atoms with Gasteiger partial charge in [0, 0.05) is 9.86 Å². The summed E-state index contributed by atoms with van der Waals surface area (Å²) in [6.07, 6.45) is 0. The number of nitrogens with zero attached hydrogens (tertiary/aromatic N) is 1. The highest BCUT2D eigenvalue weighted by Gasteiger charge is 2.32. The third-order valence-corrected chi connectivity index (χ3v) is 3.66. The van der Waals surface area contributed by atoms with Gasteiger partial charge in [0.15, 0.2) is 5.69 Å². The molecule has 1 atom stereocenters. The van der Waals surface area contributed by atoms with Crippen molar-refractivity contribution in [3.63, 3.8) is 0 Å². The fourth-order valence-corrected chi connectivity index (χ4v) is 2.43. The van der Waals surface area contributed by atoms with Crippen LogP contribution in [-0.2, 0) is 4.79 Å². The molecule has 0 aliphatic heterocycles. The quantitative estimate of drug-likeness (QED) is 0.786. The first-order chi connectivity index (χ1) is 9.70. The first-order valence-corrected chi connectivity index (χ1v) is 7.23. The van der Waals surface area contributed by atoms with E-state index in [1.54, 1.807) is 6.07 Å². The van der Waals surface area contributed by atoms with Crippen LogP contribution in [0, 0.1) is 5.41 Å². The lowest BCUT2D eigenvalue weighted by atomic mass is 9.86. The molecule has 1 aromatic carbocycles. The zero-order chi connectivity index (χ0) is 15.8. The Morgan fingerprint density at radius 1 is 1.38 bits per heavy atom. The standard InChI is InChI=1S/C14H17BrN4O2/c1-14(2,3)11(12(16)20)17-13(21)10-8-6-7(15)4-5-9(8)18-19-10/h4-6,11H,1-3H3,(H2,16,20)(H,17,21)(H,18,19). The van der Waals surface area contributed by atoms with Crippen LogP contribution in [0.2, 0.25) is 0 Å². The van der Waals surface area contributed by atoms with Gasteiger partial charge in [-0.1, -0.05) is 36.7 Å². The predicted molar refractivity (Wildman–Crippen MR) is 83.7 cm³/mol. The molecule has 2 rings (SSSR count). The molecule has 7 heteroatoms. The van der Waals surface area contributed by atoms with Crippen molar-refractivity contribution < 1.29 is 9.59 Å². The molecule has 0 fully saturated rings. The van der Waals surface area contributed by atoms with E-state index in [9.17, 15) is 9.59 Å². The van der Waals surface area contributed by atoms with Gasteiger partial charge in [0.05, 0.1) is 5.52 Å². The largest absolute Gasteiger partial charge is 0.368 e. The van der Waals surface area contributed by atoms with Crippen LogP contribution in [0.25, 0.3) is 10.9 Å². The maximum absolute atomic E-state index is 12.4. The van der Waals surface area contributed by atoms with E-state index in [2.05, 4.69) is 31.4 Å². The lowest BCUT2D eigenvalue weighted by Gasteiger charge is -2.28. The van der Waals surface area contributed by atoms with Crippen LogP contribution in [0.15, 0.2) is 22.7 Å². The number of nitrogens with two attached hydrogens (primary N) is 1. The number of nitrogens with one attached hydrogen (secondary N) is 2. The van der Waals surface area contributed by atoms with E-state index in [0.717, 1.165) is 9.99 Å². The van der Waals surface area contributed by atoms with Crippen LogP contribution in [-0.4, -0.2) is 28.1 Å². The Balaban J connectivity index is 2.34. The highest BCUT2D eigenvalue weighted by Crippen LogP contribution is 2.23. The molecule has 21 heavy (non-hydrogen) atoms. The van der Waals surface area contributed by atoms with E-state index in [1.807, 2.05) is 32.9 Å². The summed E-state index contributed by atoms with van der Waals surface area (Å²) in [6.45, 7) is 5.51. The molecule has 0 spiro atoms. The highest BCUT2D eigenvalue weighted by atomic mass is 79.9. The summed E-state index contributed by atoms with van der Waals surface area (Å²) < 4.78 is 0.840. The van der Waals surface area contributed by atoms with Gasteiger partial charge in [-0.05, 0) is 23.6 Å². The van der Waals surface area contributed by atoms with Crippen LogP contribution < -0.4 is 11.1 Å². The average Bonchev–Trinajstić information content (AvgIpc) is 2.76. The lowest BCUT2D eigenvalue weighted by Crippen LogP contribution is -2.52. The van der Waals surface area contributed by atoms with Crippen molar-refractivity contribution in [2.75, 3.05) is 0 Å². The topological polar surface area (TPSA) is 101 Å². The number of aromatic amines is 1. The number of H-pyrrole nitrogens is 1. The van der Waals surface area contributed by atoms with Gasteiger partial charge in [-0.15, -0.1) is 0 Å². The molecule has 0 bridgehead atoms. The van der Waals surface area contributed by atoms with Gasteiger partial charge >= 0.3 is 0 Å². The van der Waals surface area contributed by atoms with Crippen LogP contribution in [0.5, 0.6) is 0 Å². The number of hydrogen-bond acceptors (Lipinski definition) is 3. The van der Waals surface area contributed by atoms with E-state index < -0.39 is 23.3 Å². The molecule has 0 aliphatic rings. The summed E-state index contributed by atoms with van der Waals surface area (Å²) in [4.78, 5) is 23.9. The van der Waals surface area contributed by atoms with Crippen LogP contribution in [0.3, 0.4) is 0 Å². The van der Waals surface area contributed by atoms with E-state index in [0.29, 0.717) is 5.39 Å². The molecule has 112 valence electrons. The Hall–Kier alpha value is -1.89. The van der Waals surface area contributed by atoms with E-state index >= 15 is 0 Å². The zero-order valence-corrected chi connectivity index (χ0v) is 13.6. The van der Waals surface area contributed by atoms with Gasteiger partial charge in [-0.25, -0.2) is 0 Å². The number of carbonyl (C=O) groups is 2. The molecule has 0 aliphatic carbocycles. The van der Waals surface area contributed by atoms with Gasteiger partial charge in [0.2, 0.25) is 5.91 Å². The molecule has 2 amide bonds. The number of carbonyl (C=O) groups excluding carboxylic acids is 2. The Kier molecular flexibility index (Phi) is 4.04. The SMILES string of the molecule is CC(C)(C)C(NC(=O)c1n[nH]c2ccc(Br)cc12)C(N)=O. The van der Waals surface area contributed by atoms with Crippen LogP contribution in [0.4, 0.5) is 0 Å². The number of halogens is 1. The fraction of sp³-hybridized carbons (Fsp3) is 0.357. The van der Waals surface area contributed by atoms with Crippen LogP contribution >= 0.6 is 15.9 Å². The van der Waals surface area contributed by atoms with Gasteiger partial charge in [-0.3, -0.25) is 14.7 Å². The van der Waals surface area contributed by atoms with E-state index in [-0.39, 0.29) is 5.69 Å². The fourth-order valence-electron chi connectivity index (χ4n) is 2.07. The van der Waals surface area contributed by atoms with Crippen molar-refractivity contribution >= 4 is 38.6 Å². The monoisotopic (exact) mass is 352 g/mol. The summed E-state index contributed by atoms with van der Waals surface area (Å²) in [5, 5.41) is 10.1. The lowest BCUT2D eigenvalue weighted by molar-refractivity contribution is -0.122. The minimum atomic E-state index is -0.774. The Bertz CT molecular complexity index is 703. The van der Waals surface area contributed by atoms with Crippen molar-refractivity contribution in [3.05, 3.63) is 28.4 Å². The summed E-state index contributed by atoms with van der Waals surface area (Å²) in [5.74, 6) is -1.00. The molecular weight excluding hydrogens is 336 g/mol. The smallest absolute Gasteiger partial charge is 0.273 e. The molecule has 1 heterocycles. The van der Waals surface area contributed by atoms with Crippen molar-refractivity contribution in [1.29, 1.82) is 0 Å². The third kappa shape index (κ3) is 3.24. The number of aromatic nitrogens is 2. The minimum Gasteiger partial charge on any atom is -0.368 e. The number of hydrogen-bond donors (Lipinski definition) is 3. The Morgan fingerprint density at radius 2 is 2.05 bits per heavy atom. The first-order valence-electron chi connectivity index (χ1n) is 6.44. The first kappa shape index (κ1) is 15.5. The average molecular weight is 353 g/mol. The van der Waals surface area contributed by atoms with Crippen molar-refractivity contribution in [1.82, 2.24) is 15.5 Å². The Morgan fingerprint density at radius 3 is 2.62 bits per heavy atom. The van der Waals surface area contributed by atoms with Gasteiger partial charge in [0.1, 0.15) is 6.04 Å². The minimum absolute atomic E-state index is 0.238. The second-order valence-corrected chi connectivity index (χ2v) is 6.85. The van der Waals surface area contributed by atoms with Gasteiger partial charge in [-0.2, -0.15) is 5.10 Å². The molecule has 1 aromatic heterocycles. The molecule has 4 N–H and O–H groups in total. The zero-order valence-electron chi connectivity index (χ0n) is 12.0. The third-order valence-electron chi connectivity index (χ3n) is 3.17. The van der Waals surface area contributed by atoms with E-state index in [1.165, 1.54) is 0 Å². The summed E-state index contributed by atoms with van der Waals surface area (Å²) >= 11 is 3.36. The molecule has 6 nitrogen and oxygen atoms in total. The molecule has 0 saturated carbocycles. The summed E-state index contributed by atoms with van der Waals surface area (Å²) in [6, 6.07) is 4.69. The van der Waals surface area contributed by atoms with Crippen LogP contribution in [0.1, 0.15) is 31.3 Å². The maximum atomic E-state index is 12.4. The number of benzene rings is 1. The highest BCUT2D eigenvalue weighted by molar-refractivity contribution is 9.10. The second kappa shape index (κ2) is 5.48. The number of amides is 2. The van der Waals surface area contributed by atoms with E-state index in [4.69, 9.17) is 5.73 Å². The van der Waals surface area contributed by atoms with Crippen molar-refractivity contribution in [2.24, 2.45) is 11.1 Å². The van der Waals surface area contributed by atoms with Gasteiger partial charge in [0.25, 0.3) is 5.91 Å². The molecule has 0 radical (unpaired) electrons. The number of rotatable bonds is 3. The summed E-state index contributed by atoms with van der Waals surface area (Å²) in [7, 11) is 0. The van der Waals surface area contributed by atoms with Crippen molar-refractivity contribution in [2.45, 2.75) is 26.8 Å². The van der Waals surface area contributed by atoms with Crippen molar-refractivity contribution in [3.8, 4) is 0 Å². The second-order valence-electron chi connectivity index (χ2n) is 5.94. The molecule has 1 unspecified atom stereocenters. The molecule has 2 aromatic rings.